The maximum atomic E-state index is 13.1. The fraction of sp³-hybridized carbons (Fsp3) is 0.333. The summed E-state index contributed by atoms with van der Waals surface area (Å²) in [7, 11) is 0. The molecule has 0 fully saturated rings. The number of para-hydroxylation sites is 1. The Morgan fingerprint density at radius 1 is 1.10 bits per heavy atom. The Morgan fingerprint density at radius 3 is 2.39 bits per heavy atom. The summed E-state index contributed by atoms with van der Waals surface area (Å²) in [4.78, 5) is 25.8. The molecular weight excluding hydrogens is 394 g/mol. The van der Waals surface area contributed by atoms with Crippen LogP contribution in [-0.2, 0) is 17.8 Å². The first-order valence-corrected chi connectivity index (χ1v) is 10.5. The number of hydrogen-bond donors (Lipinski definition) is 2. The topological polar surface area (TPSA) is 85.5 Å². The minimum Gasteiger partial charge on any atom is -0.494 e. The predicted octanol–water partition coefficient (Wildman–Crippen LogP) is 3.97. The Bertz CT molecular complexity index is 1070. The van der Waals surface area contributed by atoms with E-state index < -0.39 is 0 Å². The first kappa shape index (κ1) is 22.2. The van der Waals surface area contributed by atoms with Gasteiger partial charge in [0.25, 0.3) is 0 Å². The number of aromatic hydroxyl groups is 1. The number of anilines is 1. The molecular formula is C24H29N3O4. The van der Waals surface area contributed by atoms with Gasteiger partial charge in [-0.1, -0.05) is 32.0 Å². The molecule has 0 radical (unpaired) electrons. The van der Waals surface area contributed by atoms with Gasteiger partial charge >= 0.3 is 5.69 Å². The molecule has 31 heavy (non-hydrogen) atoms. The molecule has 2 aromatic carbocycles. The van der Waals surface area contributed by atoms with E-state index in [4.69, 9.17) is 4.74 Å². The number of carbonyl (C=O) groups is 1. The third-order valence-corrected chi connectivity index (χ3v) is 4.94. The number of nitrogens with zero attached hydrogens (tertiary/aromatic N) is 2. The molecule has 1 heterocycles. The van der Waals surface area contributed by atoms with Gasteiger partial charge in [0.15, 0.2) is 0 Å². The van der Waals surface area contributed by atoms with E-state index in [1.54, 1.807) is 48.5 Å². The average Bonchev–Trinajstić information content (AvgIpc) is 2.97. The number of hydrogen-bond acceptors (Lipinski definition) is 4. The Labute approximate surface area is 181 Å². The molecule has 1 amide bonds. The van der Waals surface area contributed by atoms with Crippen LogP contribution in [0.2, 0.25) is 0 Å². The molecule has 0 aliphatic carbocycles. The lowest BCUT2D eigenvalue weighted by Gasteiger charge is -2.10. The highest BCUT2D eigenvalue weighted by Gasteiger charge is 2.22. The molecule has 0 unspecified atom stereocenters. The lowest BCUT2D eigenvalue weighted by Crippen LogP contribution is -2.26. The number of aromatic nitrogens is 2. The molecule has 0 bridgehead atoms. The zero-order valence-electron chi connectivity index (χ0n) is 18.2. The van der Waals surface area contributed by atoms with Gasteiger partial charge in [-0.2, -0.15) is 0 Å². The number of imidazole rings is 1. The molecule has 7 nitrogen and oxygen atoms in total. The van der Waals surface area contributed by atoms with E-state index in [0.717, 1.165) is 12.2 Å². The molecule has 0 aliphatic heterocycles. The minimum atomic E-state index is -0.354. The van der Waals surface area contributed by atoms with Crippen LogP contribution in [-0.4, -0.2) is 26.8 Å². The summed E-state index contributed by atoms with van der Waals surface area (Å²) in [5.74, 6) is 0.574. The van der Waals surface area contributed by atoms with Crippen LogP contribution in [0.5, 0.6) is 11.6 Å². The number of rotatable bonds is 9. The van der Waals surface area contributed by atoms with Crippen molar-refractivity contribution in [3.05, 3.63) is 70.8 Å². The van der Waals surface area contributed by atoms with Gasteiger partial charge in [0.05, 0.1) is 24.4 Å². The quantitative estimate of drug-likeness (QED) is 0.545. The van der Waals surface area contributed by atoms with Crippen LogP contribution in [0.25, 0.3) is 5.69 Å². The van der Waals surface area contributed by atoms with E-state index in [0.29, 0.717) is 36.1 Å². The lowest BCUT2D eigenvalue weighted by molar-refractivity contribution is -0.115. The highest BCUT2D eigenvalue weighted by Crippen LogP contribution is 2.23. The van der Waals surface area contributed by atoms with Crippen molar-refractivity contribution in [1.29, 1.82) is 0 Å². The first-order chi connectivity index (χ1) is 14.9. The van der Waals surface area contributed by atoms with E-state index >= 15 is 0 Å². The van der Waals surface area contributed by atoms with Gasteiger partial charge in [-0.3, -0.25) is 9.36 Å². The van der Waals surface area contributed by atoms with Crippen LogP contribution in [0.3, 0.4) is 0 Å². The van der Waals surface area contributed by atoms with Crippen LogP contribution in [0, 0.1) is 5.92 Å². The van der Waals surface area contributed by atoms with Crippen molar-refractivity contribution in [3.63, 3.8) is 0 Å². The summed E-state index contributed by atoms with van der Waals surface area (Å²) in [5, 5.41) is 13.7. The summed E-state index contributed by atoms with van der Waals surface area (Å²) >= 11 is 0. The van der Waals surface area contributed by atoms with Crippen molar-refractivity contribution in [2.75, 3.05) is 11.9 Å². The second kappa shape index (κ2) is 10.0. The molecule has 1 aromatic heterocycles. The van der Waals surface area contributed by atoms with Gasteiger partial charge < -0.3 is 15.2 Å². The summed E-state index contributed by atoms with van der Waals surface area (Å²) in [6.45, 7) is 7.03. The van der Waals surface area contributed by atoms with E-state index in [9.17, 15) is 14.7 Å². The molecule has 3 aromatic rings. The van der Waals surface area contributed by atoms with Crippen molar-refractivity contribution in [1.82, 2.24) is 9.13 Å². The highest BCUT2D eigenvalue weighted by molar-refractivity contribution is 5.92. The van der Waals surface area contributed by atoms with Crippen LogP contribution >= 0.6 is 0 Å². The molecule has 7 heteroatoms. The monoisotopic (exact) mass is 423 g/mol. The third-order valence-electron chi connectivity index (χ3n) is 4.94. The molecule has 3 rings (SSSR count). The van der Waals surface area contributed by atoms with Gasteiger partial charge in [-0.25, -0.2) is 9.36 Å². The number of amides is 1. The molecule has 0 saturated carbocycles. The molecule has 164 valence electrons. The van der Waals surface area contributed by atoms with E-state index in [1.807, 2.05) is 13.0 Å². The van der Waals surface area contributed by atoms with E-state index in [1.165, 1.54) is 9.13 Å². The van der Waals surface area contributed by atoms with Crippen LogP contribution in [0.1, 0.15) is 32.9 Å². The summed E-state index contributed by atoms with van der Waals surface area (Å²) in [6, 6.07) is 16.0. The Morgan fingerprint density at radius 2 is 1.77 bits per heavy atom. The zero-order chi connectivity index (χ0) is 22.4. The summed E-state index contributed by atoms with van der Waals surface area (Å²) in [5.41, 5.74) is 1.12. The van der Waals surface area contributed by atoms with Crippen LogP contribution in [0.15, 0.2) is 59.4 Å². The summed E-state index contributed by atoms with van der Waals surface area (Å²) in [6.07, 6.45) is 0.637. The molecule has 0 spiro atoms. The second-order valence-corrected chi connectivity index (χ2v) is 7.74. The van der Waals surface area contributed by atoms with Crippen molar-refractivity contribution < 1.29 is 14.6 Å². The number of benzene rings is 2. The van der Waals surface area contributed by atoms with Gasteiger partial charge in [-0.05, 0) is 55.7 Å². The first-order valence-electron chi connectivity index (χ1n) is 10.5. The number of ether oxygens (including phenoxy) is 1. The zero-order valence-corrected chi connectivity index (χ0v) is 18.2. The van der Waals surface area contributed by atoms with Gasteiger partial charge in [0.1, 0.15) is 5.75 Å². The van der Waals surface area contributed by atoms with Crippen molar-refractivity contribution in [3.8, 4) is 17.3 Å². The standard InChI is InChI=1S/C24H29N3O4/c1-4-31-20-12-10-18(11-13-20)25-22(28)16-21-23(29)27(19-8-6-5-7-9-19)24(30)26(21)15-14-17(2)3/h5-13,17,29H,4,14-16H2,1-3H3,(H,25,28). The second-order valence-electron chi connectivity index (χ2n) is 7.74. The van der Waals surface area contributed by atoms with Crippen molar-refractivity contribution in [2.45, 2.75) is 40.2 Å². The molecule has 0 atom stereocenters. The Balaban J connectivity index is 1.87. The molecule has 0 saturated heterocycles. The SMILES string of the molecule is CCOc1ccc(NC(=O)Cc2c(O)n(-c3ccccc3)c(=O)n2CCC(C)C)cc1. The Hall–Kier alpha value is -3.48. The van der Waals surface area contributed by atoms with Gasteiger partial charge in [0.2, 0.25) is 11.8 Å². The fourth-order valence-corrected chi connectivity index (χ4v) is 3.34. The van der Waals surface area contributed by atoms with E-state index in [-0.39, 0.29) is 23.9 Å². The Kier molecular flexibility index (Phi) is 7.18. The smallest absolute Gasteiger partial charge is 0.335 e. The van der Waals surface area contributed by atoms with Gasteiger partial charge in [0, 0.05) is 12.2 Å². The number of carbonyl (C=O) groups excluding carboxylic acids is 1. The van der Waals surface area contributed by atoms with Gasteiger partial charge in [-0.15, -0.1) is 0 Å². The molecule has 0 aliphatic rings. The van der Waals surface area contributed by atoms with E-state index in [2.05, 4.69) is 19.2 Å². The summed E-state index contributed by atoms with van der Waals surface area (Å²) < 4.78 is 8.16. The molecule has 2 N–H and O–H groups in total. The normalized spacial score (nSPS) is 11.0. The third kappa shape index (κ3) is 5.36. The highest BCUT2D eigenvalue weighted by atomic mass is 16.5. The average molecular weight is 424 g/mol. The predicted molar refractivity (Wildman–Crippen MR) is 121 cm³/mol. The van der Waals surface area contributed by atoms with Crippen molar-refractivity contribution >= 4 is 11.6 Å². The van der Waals surface area contributed by atoms with Crippen LogP contribution < -0.4 is 15.7 Å². The lowest BCUT2D eigenvalue weighted by atomic mass is 10.1. The van der Waals surface area contributed by atoms with Crippen LogP contribution in [0.4, 0.5) is 5.69 Å². The maximum absolute atomic E-state index is 13.1. The number of nitrogens with one attached hydrogen (secondary N) is 1. The fourth-order valence-electron chi connectivity index (χ4n) is 3.34. The largest absolute Gasteiger partial charge is 0.494 e. The maximum Gasteiger partial charge on any atom is 0.335 e. The van der Waals surface area contributed by atoms with Crippen molar-refractivity contribution in [2.24, 2.45) is 5.92 Å². The minimum absolute atomic E-state index is 0.119.